The monoisotopic (exact) mass is 378 g/mol. The smallest absolute Gasteiger partial charge is 0.409 e. The van der Waals surface area contributed by atoms with E-state index in [-0.39, 0.29) is 11.5 Å². The second-order valence-corrected chi connectivity index (χ2v) is 7.88. The first-order valence-electron chi connectivity index (χ1n) is 9.48. The number of rotatable bonds is 5. The maximum absolute atomic E-state index is 12.1. The van der Waals surface area contributed by atoms with Gasteiger partial charge in [-0.1, -0.05) is 24.9 Å². The van der Waals surface area contributed by atoms with E-state index in [1.165, 1.54) is 0 Å². The average Bonchev–Trinajstić information content (AvgIpc) is 3.06. The summed E-state index contributed by atoms with van der Waals surface area (Å²) in [6.07, 6.45) is 5.69. The van der Waals surface area contributed by atoms with Gasteiger partial charge < -0.3 is 14.5 Å². The van der Waals surface area contributed by atoms with Crippen molar-refractivity contribution in [1.29, 1.82) is 0 Å². The molecule has 0 bridgehead atoms. The van der Waals surface area contributed by atoms with Crippen LogP contribution >= 0.6 is 11.6 Å². The number of unbranched alkanes of at least 4 members (excludes halogenated alkanes) is 1. The molecule has 2 aliphatic rings. The minimum absolute atomic E-state index is 0.179. The summed E-state index contributed by atoms with van der Waals surface area (Å²) in [7, 11) is 0. The van der Waals surface area contributed by atoms with Crippen molar-refractivity contribution in [2.75, 3.05) is 37.7 Å². The fourth-order valence-electron chi connectivity index (χ4n) is 4.00. The molecule has 1 aromatic rings. The Hall–Kier alpha value is -1.75. The molecule has 1 amide bonds. The van der Waals surface area contributed by atoms with Gasteiger partial charge in [-0.05, 0) is 49.3 Å². The number of ether oxygens (including phenoxy) is 1. The quantitative estimate of drug-likeness (QED) is 0.563. The van der Waals surface area contributed by atoms with E-state index in [1.54, 1.807) is 12.1 Å². The lowest BCUT2D eigenvalue weighted by Crippen LogP contribution is -2.44. The van der Waals surface area contributed by atoms with Crippen LogP contribution in [0.15, 0.2) is 18.2 Å². The van der Waals surface area contributed by atoms with Crippen molar-refractivity contribution in [2.24, 2.45) is 5.41 Å². The topological polar surface area (TPSA) is 49.9 Å². The van der Waals surface area contributed by atoms with Crippen LogP contribution in [0, 0.1) is 5.41 Å². The maximum Gasteiger partial charge on any atom is 0.409 e. The highest BCUT2D eigenvalue weighted by Crippen LogP contribution is 2.42. The first kappa shape index (κ1) is 19.0. The van der Waals surface area contributed by atoms with E-state index in [0.29, 0.717) is 17.2 Å². The lowest BCUT2D eigenvalue weighted by Gasteiger charge is -2.39. The Kier molecular flexibility index (Phi) is 6.07. The van der Waals surface area contributed by atoms with E-state index in [9.17, 15) is 9.59 Å². The van der Waals surface area contributed by atoms with Crippen molar-refractivity contribution in [3.63, 3.8) is 0 Å². The van der Waals surface area contributed by atoms with Gasteiger partial charge in [-0.2, -0.15) is 0 Å². The van der Waals surface area contributed by atoms with Crippen LogP contribution in [0.5, 0.6) is 0 Å². The van der Waals surface area contributed by atoms with E-state index in [0.717, 1.165) is 70.3 Å². The van der Waals surface area contributed by atoms with E-state index in [1.807, 2.05) is 11.0 Å². The third-order valence-electron chi connectivity index (χ3n) is 5.70. The highest BCUT2D eigenvalue weighted by atomic mass is 35.5. The van der Waals surface area contributed by atoms with Crippen LogP contribution in [-0.2, 0) is 4.74 Å². The molecule has 1 aromatic carbocycles. The predicted molar refractivity (Wildman–Crippen MR) is 103 cm³/mol. The number of nitrogens with zero attached hydrogens (tertiary/aromatic N) is 2. The first-order valence-corrected chi connectivity index (χ1v) is 9.86. The molecule has 26 heavy (non-hydrogen) atoms. The second-order valence-electron chi connectivity index (χ2n) is 7.45. The molecule has 0 aromatic heterocycles. The van der Waals surface area contributed by atoms with Gasteiger partial charge in [0, 0.05) is 42.5 Å². The number of amides is 1. The van der Waals surface area contributed by atoms with E-state index in [4.69, 9.17) is 16.3 Å². The molecule has 5 nitrogen and oxygen atoms in total. The van der Waals surface area contributed by atoms with Crippen LogP contribution in [0.1, 0.15) is 49.4 Å². The van der Waals surface area contributed by atoms with Gasteiger partial charge in [-0.3, -0.25) is 4.79 Å². The molecule has 0 aliphatic carbocycles. The number of anilines is 1. The highest BCUT2D eigenvalue weighted by molar-refractivity contribution is 6.31. The molecule has 0 unspecified atom stereocenters. The van der Waals surface area contributed by atoms with Crippen molar-refractivity contribution in [2.45, 2.75) is 39.0 Å². The number of halogens is 1. The number of carbonyl (C=O) groups is 2. The van der Waals surface area contributed by atoms with Gasteiger partial charge >= 0.3 is 6.09 Å². The molecule has 0 N–H and O–H groups in total. The minimum Gasteiger partial charge on any atom is -0.449 e. The van der Waals surface area contributed by atoms with Crippen LogP contribution in [-0.4, -0.2) is 50.1 Å². The molecule has 2 heterocycles. The summed E-state index contributed by atoms with van der Waals surface area (Å²) in [5, 5.41) is 0.649. The van der Waals surface area contributed by atoms with E-state index in [2.05, 4.69) is 11.8 Å². The molecular formula is C20H27ClN2O3. The molecule has 0 radical (unpaired) electrons. The average molecular weight is 379 g/mol. The molecule has 6 heteroatoms. The zero-order valence-corrected chi connectivity index (χ0v) is 16.1. The first-order chi connectivity index (χ1) is 12.6. The largest absolute Gasteiger partial charge is 0.449 e. The zero-order valence-electron chi connectivity index (χ0n) is 15.4. The summed E-state index contributed by atoms with van der Waals surface area (Å²) in [4.78, 5) is 27.6. The highest BCUT2D eigenvalue weighted by Gasteiger charge is 2.42. The molecule has 2 fully saturated rings. The Balaban J connectivity index is 1.59. The van der Waals surface area contributed by atoms with Gasteiger partial charge in [0.1, 0.15) is 0 Å². The molecule has 0 saturated carbocycles. The summed E-state index contributed by atoms with van der Waals surface area (Å²) in [5.41, 5.74) is 1.82. The number of carbonyl (C=O) groups excluding carboxylic acids is 2. The minimum atomic E-state index is -0.179. The van der Waals surface area contributed by atoms with Gasteiger partial charge in [0.05, 0.1) is 6.61 Å². The summed E-state index contributed by atoms with van der Waals surface area (Å²) >= 11 is 6.13. The third kappa shape index (κ3) is 4.14. The maximum atomic E-state index is 12.1. The number of aldehydes is 1. The Morgan fingerprint density at radius 2 is 2.00 bits per heavy atom. The number of hydrogen-bond acceptors (Lipinski definition) is 4. The Bertz CT molecular complexity index is 656. The molecule has 2 aliphatic heterocycles. The summed E-state index contributed by atoms with van der Waals surface area (Å²) < 4.78 is 5.33. The van der Waals surface area contributed by atoms with Crippen LogP contribution in [0.3, 0.4) is 0 Å². The normalized spacial score (nSPS) is 19.0. The molecule has 142 valence electrons. The van der Waals surface area contributed by atoms with E-state index >= 15 is 0 Å². The van der Waals surface area contributed by atoms with Gasteiger partial charge in [0.25, 0.3) is 0 Å². The van der Waals surface area contributed by atoms with Crippen LogP contribution in [0.4, 0.5) is 10.5 Å². The zero-order chi connectivity index (χ0) is 18.6. The fraction of sp³-hybridized carbons (Fsp3) is 0.600. The summed E-state index contributed by atoms with van der Waals surface area (Å²) in [5.74, 6) is 0. The summed E-state index contributed by atoms with van der Waals surface area (Å²) in [6.45, 7) is 5.91. The van der Waals surface area contributed by atoms with Gasteiger partial charge in [-0.25, -0.2) is 4.79 Å². The second kappa shape index (κ2) is 8.30. The Labute approximate surface area is 160 Å². The molecule has 2 saturated heterocycles. The standard InChI is InChI=1S/C20H27ClN2O3/c1-2-3-12-26-19(25)22-9-6-20(7-10-22)8-11-23(15-20)18-13-17(21)5-4-16(18)14-24/h4-5,13-14H,2-3,6-12,15H2,1H3. The van der Waals surface area contributed by atoms with Crippen molar-refractivity contribution in [3.8, 4) is 0 Å². The number of benzene rings is 1. The van der Waals surface area contributed by atoms with Crippen molar-refractivity contribution >= 4 is 29.7 Å². The number of piperidine rings is 1. The molecule has 0 atom stereocenters. The Morgan fingerprint density at radius 3 is 2.69 bits per heavy atom. The van der Waals surface area contributed by atoms with Gasteiger partial charge in [0.2, 0.25) is 0 Å². The molecular weight excluding hydrogens is 352 g/mol. The van der Waals surface area contributed by atoms with Crippen molar-refractivity contribution in [1.82, 2.24) is 4.90 Å². The number of hydrogen-bond donors (Lipinski definition) is 0. The van der Waals surface area contributed by atoms with Gasteiger partial charge in [0.15, 0.2) is 6.29 Å². The summed E-state index contributed by atoms with van der Waals surface area (Å²) in [6, 6.07) is 5.42. The lowest BCUT2D eigenvalue weighted by atomic mass is 9.78. The van der Waals surface area contributed by atoms with Crippen LogP contribution in [0.2, 0.25) is 5.02 Å². The van der Waals surface area contributed by atoms with Crippen molar-refractivity contribution in [3.05, 3.63) is 28.8 Å². The van der Waals surface area contributed by atoms with Crippen LogP contribution < -0.4 is 4.90 Å². The van der Waals surface area contributed by atoms with Crippen molar-refractivity contribution < 1.29 is 14.3 Å². The lowest BCUT2D eigenvalue weighted by molar-refractivity contribution is 0.0705. The predicted octanol–water partition coefficient (Wildman–Crippen LogP) is 4.38. The molecule has 3 rings (SSSR count). The SMILES string of the molecule is CCCCOC(=O)N1CCC2(CC1)CCN(c1cc(Cl)ccc1C=O)C2. The Morgan fingerprint density at radius 1 is 1.27 bits per heavy atom. The van der Waals surface area contributed by atoms with Crippen LogP contribution in [0.25, 0.3) is 0 Å². The number of likely N-dealkylation sites (tertiary alicyclic amines) is 1. The molecule has 1 spiro atoms. The van der Waals surface area contributed by atoms with Gasteiger partial charge in [-0.15, -0.1) is 0 Å². The van der Waals surface area contributed by atoms with E-state index < -0.39 is 0 Å². The fourth-order valence-corrected chi connectivity index (χ4v) is 4.16. The third-order valence-corrected chi connectivity index (χ3v) is 5.94.